The number of carboxylic acid groups (broad SMARTS) is 1. The summed E-state index contributed by atoms with van der Waals surface area (Å²) in [6, 6.07) is 1.65. The average Bonchev–Trinajstić information content (AvgIpc) is 2.61. The van der Waals surface area contributed by atoms with E-state index in [0.717, 1.165) is 43.4 Å². The minimum Gasteiger partial charge on any atom is -0.481 e. The molecule has 0 saturated carbocycles. The summed E-state index contributed by atoms with van der Waals surface area (Å²) in [7, 11) is 0. The highest BCUT2D eigenvalue weighted by molar-refractivity contribution is 5.94. The van der Waals surface area contributed by atoms with Crippen LogP contribution >= 0.6 is 0 Å². The maximum Gasteiger partial charge on any atom is 0.305 e. The lowest BCUT2D eigenvalue weighted by atomic mass is 10.1. The van der Waals surface area contributed by atoms with E-state index in [1.165, 1.54) is 0 Å². The molecule has 0 saturated heterocycles. The number of aliphatic carboxylic acids is 1. The maximum absolute atomic E-state index is 11.9. The van der Waals surface area contributed by atoms with E-state index in [9.17, 15) is 14.4 Å². The fourth-order valence-electron chi connectivity index (χ4n) is 2.40. The SMILES string of the molecule is O=C(O)CCNC(=O)c1cc2c([nH]c1=O)CCCCC2. The monoisotopic (exact) mass is 278 g/mol. The van der Waals surface area contributed by atoms with Gasteiger partial charge < -0.3 is 15.4 Å². The molecule has 1 aromatic heterocycles. The Hall–Kier alpha value is -2.11. The number of nitrogens with one attached hydrogen (secondary N) is 2. The van der Waals surface area contributed by atoms with E-state index in [1.807, 2.05) is 0 Å². The number of H-pyrrole nitrogens is 1. The molecule has 2 rings (SSSR count). The zero-order valence-electron chi connectivity index (χ0n) is 11.2. The smallest absolute Gasteiger partial charge is 0.305 e. The van der Waals surface area contributed by atoms with Gasteiger partial charge in [0.25, 0.3) is 11.5 Å². The highest BCUT2D eigenvalue weighted by Gasteiger charge is 2.16. The van der Waals surface area contributed by atoms with Crippen LogP contribution in [0.5, 0.6) is 0 Å². The van der Waals surface area contributed by atoms with Gasteiger partial charge in [-0.15, -0.1) is 0 Å². The molecule has 1 amide bonds. The number of aromatic nitrogens is 1. The minimum absolute atomic E-state index is 0.0185. The Balaban J connectivity index is 2.15. The number of aryl methyl sites for hydroxylation is 2. The van der Waals surface area contributed by atoms with Crippen molar-refractivity contribution in [1.82, 2.24) is 10.3 Å². The number of carbonyl (C=O) groups excluding carboxylic acids is 1. The van der Waals surface area contributed by atoms with Crippen LogP contribution in [0.3, 0.4) is 0 Å². The van der Waals surface area contributed by atoms with Crippen molar-refractivity contribution in [3.8, 4) is 0 Å². The van der Waals surface area contributed by atoms with E-state index in [-0.39, 0.29) is 18.5 Å². The lowest BCUT2D eigenvalue weighted by Crippen LogP contribution is -2.32. The first-order valence-electron chi connectivity index (χ1n) is 6.83. The average molecular weight is 278 g/mol. The molecule has 1 aliphatic rings. The standard InChI is InChI=1S/C14H18N2O4/c17-12(18)6-7-15-13(19)10-8-9-4-2-1-3-5-11(9)16-14(10)20/h8H,1-7H2,(H,15,19)(H,16,20)(H,17,18). The van der Waals surface area contributed by atoms with Crippen molar-refractivity contribution >= 4 is 11.9 Å². The first-order chi connectivity index (χ1) is 9.58. The number of carboxylic acids is 1. The number of rotatable bonds is 4. The minimum atomic E-state index is -0.985. The van der Waals surface area contributed by atoms with E-state index in [4.69, 9.17) is 5.11 Å². The third-order valence-electron chi connectivity index (χ3n) is 3.46. The molecule has 0 bridgehead atoms. The molecule has 0 aromatic carbocycles. The normalized spacial score (nSPS) is 14.2. The highest BCUT2D eigenvalue weighted by atomic mass is 16.4. The van der Waals surface area contributed by atoms with Gasteiger partial charge in [0.1, 0.15) is 5.56 Å². The molecular formula is C14H18N2O4. The number of pyridine rings is 1. The summed E-state index contributed by atoms with van der Waals surface area (Å²) in [4.78, 5) is 37.0. The molecule has 20 heavy (non-hydrogen) atoms. The zero-order valence-corrected chi connectivity index (χ0v) is 11.2. The van der Waals surface area contributed by atoms with Gasteiger partial charge in [0.05, 0.1) is 6.42 Å². The predicted octanol–water partition coefficient (Wildman–Crippen LogP) is 0.848. The molecule has 0 fully saturated rings. The first kappa shape index (κ1) is 14.3. The van der Waals surface area contributed by atoms with Crippen molar-refractivity contribution in [1.29, 1.82) is 0 Å². The van der Waals surface area contributed by atoms with Gasteiger partial charge in [-0.2, -0.15) is 0 Å². The number of hydrogen-bond donors (Lipinski definition) is 3. The summed E-state index contributed by atoms with van der Waals surface area (Å²) in [5.74, 6) is -1.50. The van der Waals surface area contributed by atoms with E-state index in [0.29, 0.717) is 0 Å². The van der Waals surface area contributed by atoms with Crippen LogP contribution in [0.1, 0.15) is 47.3 Å². The topological polar surface area (TPSA) is 99.3 Å². The molecule has 6 nitrogen and oxygen atoms in total. The van der Waals surface area contributed by atoms with Crippen LogP contribution in [-0.2, 0) is 17.6 Å². The summed E-state index contributed by atoms with van der Waals surface area (Å²) >= 11 is 0. The number of aromatic amines is 1. The number of hydrogen-bond acceptors (Lipinski definition) is 3. The molecule has 3 N–H and O–H groups in total. The maximum atomic E-state index is 11.9. The van der Waals surface area contributed by atoms with Crippen LogP contribution in [0, 0.1) is 0 Å². The molecule has 0 radical (unpaired) electrons. The van der Waals surface area contributed by atoms with E-state index in [1.54, 1.807) is 6.07 Å². The van der Waals surface area contributed by atoms with Crippen molar-refractivity contribution in [3.63, 3.8) is 0 Å². The van der Waals surface area contributed by atoms with Crippen molar-refractivity contribution in [2.24, 2.45) is 0 Å². The first-order valence-corrected chi connectivity index (χ1v) is 6.83. The van der Waals surface area contributed by atoms with Gasteiger partial charge in [0.2, 0.25) is 0 Å². The highest BCUT2D eigenvalue weighted by Crippen LogP contribution is 2.18. The molecule has 1 aliphatic carbocycles. The quantitative estimate of drug-likeness (QED) is 0.711. The lowest BCUT2D eigenvalue weighted by molar-refractivity contribution is -0.136. The van der Waals surface area contributed by atoms with Crippen LogP contribution in [0.2, 0.25) is 0 Å². The summed E-state index contributed by atoms with van der Waals surface area (Å²) in [5.41, 5.74) is 1.61. The van der Waals surface area contributed by atoms with Gasteiger partial charge in [-0.25, -0.2) is 0 Å². The van der Waals surface area contributed by atoms with Crippen molar-refractivity contribution in [3.05, 3.63) is 33.2 Å². The van der Waals surface area contributed by atoms with Gasteiger partial charge in [0, 0.05) is 12.2 Å². The van der Waals surface area contributed by atoms with Gasteiger partial charge in [-0.1, -0.05) is 6.42 Å². The molecule has 1 heterocycles. The summed E-state index contributed by atoms with van der Waals surface area (Å²) in [6.07, 6.45) is 4.77. The Morgan fingerprint density at radius 3 is 2.75 bits per heavy atom. The molecule has 0 atom stereocenters. The second-order valence-corrected chi connectivity index (χ2v) is 4.98. The lowest BCUT2D eigenvalue weighted by Gasteiger charge is -2.08. The fraction of sp³-hybridized carbons (Fsp3) is 0.500. The Labute approximate surface area is 116 Å². The molecule has 0 unspecified atom stereocenters. The molecule has 108 valence electrons. The van der Waals surface area contributed by atoms with Crippen LogP contribution < -0.4 is 10.9 Å². The van der Waals surface area contributed by atoms with Gasteiger partial charge in [0.15, 0.2) is 0 Å². The number of carbonyl (C=O) groups is 2. The summed E-state index contributed by atoms with van der Waals surface area (Å²) < 4.78 is 0. The van der Waals surface area contributed by atoms with E-state index < -0.39 is 17.4 Å². The third kappa shape index (κ3) is 3.46. The Morgan fingerprint density at radius 2 is 2.00 bits per heavy atom. The van der Waals surface area contributed by atoms with Crippen LogP contribution in [0.25, 0.3) is 0 Å². The van der Waals surface area contributed by atoms with Crippen LogP contribution in [0.15, 0.2) is 10.9 Å². The molecule has 1 aromatic rings. The van der Waals surface area contributed by atoms with E-state index in [2.05, 4.69) is 10.3 Å². The van der Waals surface area contributed by atoms with Crippen molar-refractivity contribution in [2.75, 3.05) is 6.54 Å². The number of amides is 1. The molecule has 0 spiro atoms. The third-order valence-corrected chi connectivity index (χ3v) is 3.46. The largest absolute Gasteiger partial charge is 0.481 e. The summed E-state index contributed by atoms with van der Waals surface area (Å²) in [5, 5.41) is 11.0. The number of fused-ring (bicyclic) bond motifs is 1. The Kier molecular flexibility index (Phi) is 4.55. The molecular weight excluding hydrogens is 260 g/mol. The predicted molar refractivity (Wildman–Crippen MR) is 72.9 cm³/mol. The van der Waals surface area contributed by atoms with Crippen LogP contribution in [0.4, 0.5) is 0 Å². The second-order valence-electron chi connectivity index (χ2n) is 4.98. The van der Waals surface area contributed by atoms with Crippen LogP contribution in [-0.4, -0.2) is 28.5 Å². The van der Waals surface area contributed by atoms with Crippen molar-refractivity contribution < 1.29 is 14.7 Å². The Morgan fingerprint density at radius 1 is 1.25 bits per heavy atom. The molecule has 6 heteroatoms. The molecule has 0 aliphatic heterocycles. The van der Waals surface area contributed by atoms with E-state index >= 15 is 0 Å². The zero-order chi connectivity index (χ0) is 14.5. The van der Waals surface area contributed by atoms with Gasteiger partial charge in [-0.3, -0.25) is 14.4 Å². The summed E-state index contributed by atoms with van der Waals surface area (Å²) in [6.45, 7) is 0.0185. The van der Waals surface area contributed by atoms with Gasteiger partial charge in [-0.05, 0) is 37.3 Å². The Bertz CT molecular complexity index is 577. The van der Waals surface area contributed by atoms with Gasteiger partial charge >= 0.3 is 5.97 Å². The fourth-order valence-corrected chi connectivity index (χ4v) is 2.40. The van der Waals surface area contributed by atoms with Crippen molar-refractivity contribution in [2.45, 2.75) is 38.5 Å². The second kappa shape index (κ2) is 6.36.